The van der Waals surface area contributed by atoms with Gasteiger partial charge in [0.1, 0.15) is 5.67 Å². The first-order chi connectivity index (χ1) is 4.91. The fraction of sp³-hybridized carbons (Fsp3) is 1.00. The molecule has 2 saturated heterocycles. The van der Waals surface area contributed by atoms with Gasteiger partial charge in [0.15, 0.2) is 0 Å². The van der Waals surface area contributed by atoms with E-state index in [1.165, 1.54) is 0 Å². The monoisotopic (exact) mass is 157 g/mol. The zero-order chi connectivity index (χ0) is 8.28. The van der Waals surface area contributed by atoms with Crippen LogP contribution in [0.15, 0.2) is 0 Å². The predicted molar refractivity (Wildman–Crippen MR) is 43.3 cm³/mol. The number of rotatable bonds is 0. The molecule has 2 heterocycles. The Hall–Kier alpha value is -0.110. The van der Waals surface area contributed by atoms with Crippen molar-refractivity contribution in [2.45, 2.75) is 50.9 Å². The summed E-state index contributed by atoms with van der Waals surface area (Å²) in [6.45, 7) is 7.16. The highest BCUT2D eigenvalue weighted by Gasteiger charge is 2.58. The summed E-state index contributed by atoms with van der Waals surface area (Å²) in [5.74, 6) is 0. The van der Waals surface area contributed by atoms with E-state index in [1.54, 1.807) is 0 Å². The second-order valence-electron chi connectivity index (χ2n) is 5.01. The molecule has 3 fully saturated rings. The van der Waals surface area contributed by atoms with Crippen molar-refractivity contribution >= 4 is 0 Å². The van der Waals surface area contributed by atoms with Gasteiger partial charge in [0.05, 0.1) is 0 Å². The van der Waals surface area contributed by atoms with Crippen LogP contribution in [0.1, 0.15) is 33.6 Å². The molecule has 2 heteroatoms. The van der Waals surface area contributed by atoms with Crippen LogP contribution in [-0.4, -0.2) is 28.7 Å². The minimum Gasteiger partial charge on any atom is -0.292 e. The highest BCUT2D eigenvalue weighted by molar-refractivity contribution is 5.12. The summed E-state index contributed by atoms with van der Waals surface area (Å²) in [6, 6.07) is 0.542. The van der Waals surface area contributed by atoms with E-state index in [0.717, 1.165) is 12.8 Å². The summed E-state index contributed by atoms with van der Waals surface area (Å²) in [5, 5.41) is 0. The van der Waals surface area contributed by atoms with E-state index in [4.69, 9.17) is 0 Å². The molecule has 0 radical (unpaired) electrons. The maximum absolute atomic E-state index is 13.4. The van der Waals surface area contributed by atoms with Gasteiger partial charge in [-0.25, -0.2) is 4.39 Å². The topological polar surface area (TPSA) is 3.24 Å². The smallest absolute Gasteiger partial charge is 0.126 e. The van der Waals surface area contributed by atoms with Crippen LogP contribution in [0.25, 0.3) is 0 Å². The van der Waals surface area contributed by atoms with Gasteiger partial charge < -0.3 is 0 Å². The summed E-state index contributed by atoms with van der Waals surface area (Å²) in [4.78, 5) is 2.30. The van der Waals surface area contributed by atoms with Crippen LogP contribution in [0.2, 0.25) is 0 Å². The van der Waals surface area contributed by atoms with Crippen LogP contribution >= 0.6 is 0 Å². The molecule has 64 valence electrons. The lowest BCUT2D eigenvalue weighted by molar-refractivity contribution is 0.0941. The predicted octanol–water partition coefficient (Wildman–Crippen LogP) is 1.97. The van der Waals surface area contributed by atoms with Crippen molar-refractivity contribution in [1.29, 1.82) is 0 Å². The average Bonchev–Trinajstić information content (AvgIpc) is 2.15. The lowest BCUT2D eigenvalue weighted by Gasteiger charge is -2.36. The number of fused-ring (bicyclic) bond motifs is 1. The fourth-order valence-electron chi connectivity index (χ4n) is 2.35. The highest BCUT2D eigenvalue weighted by Crippen LogP contribution is 2.49. The van der Waals surface area contributed by atoms with Gasteiger partial charge in [-0.05, 0) is 33.6 Å². The van der Waals surface area contributed by atoms with Gasteiger partial charge in [-0.15, -0.1) is 0 Å². The van der Waals surface area contributed by atoms with Crippen molar-refractivity contribution in [3.8, 4) is 0 Å². The van der Waals surface area contributed by atoms with Gasteiger partial charge in [-0.3, -0.25) is 4.90 Å². The van der Waals surface area contributed by atoms with Gasteiger partial charge in [0.25, 0.3) is 0 Å². The molecule has 2 bridgehead atoms. The molecule has 0 spiro atoms. The molecule has 0 aromatic rings. The molecule has 0 aromatic heterocycles. The summed E-state index contributed by atoms with van der Waals surface area (Å²) in [7, 11) is 0. The fourth-order valence-corrected chi connectivity index (χ4v) is 2.35. The molecule has 0 atom stereocenters. The third-order valence-corrected chi connectivity index (χ3v) is 2.96. The molecule has 3 rings (SSSR count). The molecule has 1 nitrogen and oxygen atoms in total. The van der Waals surface area contributed by atoms with Gasteiger partial charge in [-0.1, -0.05) is 0 Å². The number of alkyl halides is 1. The second-order valence-corrected chi connectivity index (χ2v) is 5.01. The van der Waals surface area contributed by atoms with E-state index in [0.29, 0.717) is 12.6 Å². The van der Waals surface area contributed by atoms with Gasteiger partial charge in [0.2, 0.25) is 0 Å². The van der Waals surface area contributed by atoms with Crippen molar-refractivity contribution in [2.75, 3.05) is 6.54 Å². The van der Waals surface area contributed by atoms with Crippen LogP contribution in [0.4, 0.5) is 4.39 Å². The molecule has 3 aliphatic rings. The molecular weight excluding hydrogens is 141 g/mol. The SMILES string of the molecule is CC(C)(C)N1CC2(F)CC1C2. The minimum absolute atomic E-state index is 0.162. The molecule has 0 unspecified atom stereocenters. The second kappa shape index (κ2) is 1.79. The Morgan fingerprint density at radius 2 is 1.91 bits per heavy atom. The third-order valence-electron chi connectivity index (χ3n) is 2.96. The van der Waals surface area contributed by atoms with Crippen molar-refractivity contribution < 1.29 is 4.39 Å². The Labute approximate surface area is 67.6 Å². The third kappa shape index (κ3) is 0.994. The Kier molecular flexibility index (Phi) is 1.23. The Morgan fingerprint density at radius 3 is 2.09 bits per heavy atom. The van der Waals surface area contributed by atoms with Crippen LogP contribution in [0.3, 0.4) is 0 Å². The molecule has 0 N–H and O–H groups in total. The first kappa shape index (κ1) is 7.53. The first-order valence-electron chi connectivity index (χ1n) is 4.36. The first-order valence-corrected chi connectivity index (χ1v) is 4.36. The maximum Gasteiger partial charge on any atom is 0.126 e. The lowest BCUT2D eigenvalue weighted by Crippen LogP contribution is -2.43. The molecule has 11 heavy (non-hydrogen) atoms. The summed E-state index contributed by atoms with van der Waals surface area (Å²) in [5.41, 5.74) is -0.646. The molecule has 0 aromatic carbocycles. The average molecular weight is 157 g/mol. The van der Waals surface area contributed by atoms with E-state index in [2.05, 4.69) is 25.7 Å². The van der Waals surface area contributed by atoms with Crippen LogP contribution < -0.4 is 0 Å². The Morgan fingerprint density at radius 1 is 1.36 bits per heavy atom. The molecule has 0 amide bonds. The molecular formula is C9H16FN. The van der Waals surface area contributed by atoms with Crippen molar-refractivity contribution in [3.63, 3.8) is 0 Å². The van der Waals surface area contributed by atoms with Crippen LogP contribution in [0.5, 0.6) is 0 Å². The molecule has 2 aliphatic heterocycles. The largest absolute Gasteiger partial charge is 0.292 e. The highest BCUT2D eigenvalue weighted by atomic mass is 19.1. The normalized spacial score (nSPS) is 44.2. The number of nitrogens with zero attached hydrogens (tertiary/aromatic N) is 1. The minimum atomic E-state index is -0.808. The summed E-state index contributed by atoms with van der Waals surface area (Å²) in [6.07, 6.45) is 1.56. The van der Waals surface area contributed by atoms with Gasteiger partial charge in [-0.2, -0.15) is 0 Å². The van der Waals surface area contributed by atoms with Gasteiger partial charge in [0, 0.05) is 18.1 Å². The number of halogens is 1. The molecule has 1 saturated carbocycles. The van der Waals surface area contributed by atoms with E-state index in [1.807, 2.05) is 0 Å². The number of hydrogen-bond donors (Lipinski definition) is 0. The maximum atomic E-state index is 13.4. The quantitative estimate of drug-likeness (QED) is 0.519. The zero-order valence-electron chi connectivity index (χ0n) is 7.52. The van der Waals surface area contributed by atoms with E-state index in [-0.39, 0.29) is 5.54 Å². The number of hydrogen-bond acceptors (Lipinski definition) is 1. The van der Waals surface area contributed by atoms with E-state index >= 15 is 0 Å². The van der Waals surface area contributed by atoms with Crippen LogP contribution in [-0.2, 0) is 0 Å². The van der Waals surface area contributed by atoms with E-state index in [9.17, 15) is 4.39 Å². The van der Waals surface area contributed by atoms with Crippen molar-refractivity contribution in [1.82, 2.24) is 4.90 Å². The lowest BCUT2D eigenvalue weighted by atomic mass is 9.83. The Bertz CT molecular complexity index is 176. The molecule has 1 aliphatic carbocycles. The van der Waals surface area contributed by atoms with Crippen molar-refractivity contribution in [2.24, 2.45) is 0 Å². The van der Waals surface area contributed by atoms with E-state index < -0.39 is 5.67 Å². The van der Waals surface area contributed by atoms with Crippen molar-refractivity contribution in [3.05, 3.63) is 0 Å². The summed E-state index contributed by atoms with van der Waals surface area (Å²) < 4.78 is 13.4. The van der Waals surface area contributed by atoms with Gasteiger partial charge >= 0.3 is 0 Å². The van der Waals surface area contributed by atoms with Crippen LogP contribution in [0, 0.1) is 0 Å². The zero-order valence-corrected chi connectivity index (χ0v) is 7.52. The standard InChI is InChI=1S/C9H16FN/c1-8(2,3)11-6-9(10)4-7(11)5-9/h7H,4-6H2,1-3H3. The Balaban J connectivity index is 2.11. The summed E-state index contributed by atoms with van der Waals surface area (Å²) >= 11 is 0.